The predicted octanol–water partition coefficient (Wildman–Crippen LogP) is 9.28. The fraction of sp³-hybridized carbons (Fsp3) is 0.600. The molecule has 2 aromatic rings. The largest absolute Gasteiger partial charge is 0.463 e. The third-order valence-corrected chi connectivity index (χ3v) is 13.0. The quantitative estimate of drug-likeness (QED) is 0.299. The number of allylic oxidation sites excluding steroid dienone is 1. The Morgan fingerprint density at radius 3 is 2.07 bits per heavy atom. The van der Waals surface area contributed by atoms with Crippen LogP contribution in [0.5, 0.6) is 0 Å². The van der Waals surface area contributed by atoms with Crippen LogP contribution in [-0.4, -0.2) is 24.1 Å². The molecule has 4 aliphatic carbocycles. The summed E-state index contributed by atoms with van der Waals surface area (Å²) in [6.07, 6.45) is 12.4. The van der Waals surface area contributed by atoms with Gasteiger partial charge in [0, 0.05) is 19.3 Å². The highest BCUT2D eigenvalue weighted by Gasteiger charge is 2.65. The normalized spacial score (nSPS) is 36.6. The van der Waals surface area contributed by atoms with E-state index in [1.807, 2.05) is 0 Å². The number of carbonyl (C=O) groups is 2. The van der Waals surface area contributed by atoms with Crippen molar-refractivity contribution in [1.29, 1.82) is 0 Å². The maximum absolute atomic E-state index is 12.6. The van der Waals surface area contributed by atoms with E-state index in [0.29, 0.717) is 35.5 Å². The maximum atomic E-state index is 12.6. The molecule has 0 radical (unpaired) electrons. The first-order valence-corrected chi connectivity index (χ1v) is 17.3. The zero-order valence-corrected chi connectivity index (χ0v) is 27.5. The molecule has 0 amide bonds. The fourth-order valence-corrected chi connectivity index (χ4v) is 10.9. The molecule has 4 aliphatic rings. The summed E-state index contributed by atoms with van der Waals surface area (Å²) in [6.45, 7) is 10.6. The second-order valence-electron chi connectivity index (χ2n) is 15.1. The van der Waals surface area contributed by atoms with Crippen molar-refractivity contribution in [2.24, 2.45) is 46.3 Å². The highest BCUT2D eigenvalue weighted by molar-refractivity contribution is 5.79. The lowest BCUT2D eigenvalue weighted by Gasteiger charge is -2.62. The molecule has 44 heavy (non-hydrogen) atoms. The molecule has 0 saturated heterocycles. The Labute approximate surface area is 265 Å². The molecule has 0 aromatic heterocycles. The smallest absolute Gasteiger partial charge is 0.302 e. The molecule has 0 N–H and O–H groups in total. The summed E-state index contributed by atoms with van der Waals surface area (Å²) in [4.78, 5) is 24.4. The summed E-state index contributed by atoms with van der Waals surface area (Å²) in [7, 11) is 0. The van der Waals surface area contributed by atoms with E-state index in [1.54, 1.807) is 6.92 Å². The summed E-state index contributed by atoms with van der Waals surface area (Å²) in [6, 6.07) is 21.5. The first-order chi connectivity index (χ1) is 21.1. The Bertz CT molecular complexity index is 1310. The Hall–Kier alpha value is -2.88. The lowest BCUT2D eigenvalue weighted by molar-refractivity contribution is -0.197. The monoisotopic (exact) mass is 596 g/mol. The van der Waals surface area contributed by atoms with Crippen molar-refractivity contribution in [3.05, 3.63) is 77.9 Å². The van der Waals surface area contributed by atoms with Crippen molar-refractivity contribution in [2.75, 3.05) is 0 Å². The van der Waals surface area contributed by atoms with E-state index in [1.165, 1.54) is 49.3 Å². The van der Waals surface area contributed by atoms with Crippen LogP contribution < -0.4 is 0 Å². The number of esters is 2. The molecule has 2 aromatic carbocycles. The predicted molar refractivity (Wildman–Crippen MR) is 175 cm³/mol. The second-order valence-corrected chi connectivity index (χ2v) is 15.1. The number of benzene rings is 2. The van der Waals surface area contributed by atoms with Crippen molar-refractivity contribution in [3.63, 3.8) is 0 Å². The number of rotatable bonds is 7. The van der Waals surface area contributed by atoms with Crippen LogP contribution in [0.15, 0.2) is 66.7 Å². The van der Waals surface area contributed by atoms with Gasteiger partial charge in [0.05, 0.1) is 0 Å². The molecule has 4 nitrogen and oxygen atoms in total. The Kier molecular flexibility index (Phi) is 8.83. The average molecular weight is 597 g/mol. The number of ether oxygens (including phenoxy) is 2. The molecule has 4 fully saturated rings. The van der Waals surface area contributed by atoms with Crippen molar-refractivity contribution in [1.82, 2.24) is 0 Å². The standard InChI is InChI=1S/C40H52O4/c1-26(16-18-33(29-12-8-6-9-13-29)30-14-10-7-11-15-30)35-20-21-36-34-19-17-31-24-32(43-27(2)41)22-23-39(31,4)37(34)25-38(40(35,36)5)44-28(3)42/h6-15,18,26,31-32,34-38H,16-17,19-25H2,1-5H3/t26?,31-,32-,34+,35-,36+,37+,38+,39+,40-/m1/s1. The van der Waals surface area contributed by atoms with E-state index in [2.05, 4.69) is 87.5 Å². The van der Waals surface area contributed by atoms with Crippen molar-refractivity contribution in [3.8, 4) is 0 Å². The minimum absolute atomic E-state index is 0.0160. The van der Waals surface area contributed by atoms with E-state index >= 15 is 0 Å². The zero-order valence-electron chi connectivity index (χ0n) is 27.5. The van der Waals surface area contributed by atoms with Crippen molar-refractivity contribution in [2.45, 2.75) is 105 Å². The minimum atomic E-state index is -0.156. The first kappa shape index (κ1) is 31.1. The minimum Gasteiger partial charge on any atom is -0.463 e. The van der Waals surface area contributed by atoms with Crippen LogP contribution in [-0.2, 0) is 19.1 Å². The molecule has 0 bridgehead atoms. The SMILES string of the molecule is CC(=O)O[C@@H]1CC[C@@]2(C)[C@H](CC[C@@H]3[C@@H]2C[C@H](OC(C)=O)[C@]2(C)[C@@H](C(C)CC=C(c4ccccc4)c4ccccc4)CC[C@@H]32)C1. The van der Waals surface area contributed by atoms with Crippen LogP contribution in [0.1, 0.15) is 104 Å². The highest BCUT2D eigenvalue weighted by atomic mass is 16.5. The molecule has 6 rings (SSSR count). The third-order valence-electron chi connectivity index (χ3n) is 13.0. The summed E-state index contributed by atoms with van der Waals surface area (Å²) < 4.78 is 12.1. The van der Waals surface area contributed by atoms with Gasteiger partial charge in [0.1, 0.15) is 12.2 Å². The van der Waals surface area contributed by atoms with Gasteiger partial charge in [-0.2, -0.15) is 0 Å². The van der Waals surface area contributed by atoms with E-state index in [0.717, 1.165) is 32.1 Å². The molecule has 4 saturated carbocycles. The van der Waals surface area contributed by atoms with Crippen LogP contribution >= 0.6 is 0 Å². The highest BCUT2D eigenvalue weighted by Crippen LogP contribution is 2.69. The molecule has 0 spiro atoms. The van der Waals surface area contributed by atoms with Gasteiger partial charge in [0.25, 0.3) is 0 Å². The van der Waals surface area contributed by atoms with E-state index in [4.69, 9.17) is 9.47 Å². The van der Waals surface area contributed by atoms with Crippen LogP contribution in [0.25, 0.3) is 5.57 Å². The summed E-state index contributed by atoms with van der Waals surface area (Å²) in [5.41, 5.74) is 4.01. The Morgan fingerprint density at radius 1 is 0.818 bits per heavy atom. The summed E-state index contributed by atoms with van der Waals surface area (Å²) >= 11 is 0. The molecular weight excluding hydrogens is 544 g/mol. The molecule has 0 heterocycles. The Balaban J connectivity index is 1.26. The van der Waals surface area contributed by atoms with Gasteiger partial charge in [-0.1, -0.05) is 87.5 Å². The van der Waals surface area contributed by atoms with Gasteiger partial charge < -0.3 is 9.47 Å². The molecule has 1 unspecified atom stereocenters. The molecule has 0 aliphatic heterocycles. The molecule has 236 valence electrons. The van der Waals surface area contributed by atoms with Crippen LogP contribution in [0.2, 0.25) is 0 Å². The van der Waals surface area contributed by atoms with Gasteiger partial charge in [-0.25, -0.2) is 0 Å². The van der Waals surface area contributed by atoms with Gasteiger partial charge in [0.15, 0.2) is 0 Å². The molecular formula is C40H52O4. The number of fused-ring (bicyclic) bond motifs is 5. The van der Waals surface area contributed by atoms with Crippen LogP contribution in [0, 0.1) is 46.3 Å². The van der Waals surface area contributed by atoms with Crippen molar-refractivity contribution >= 4 is 17.5 Å². The number of hydrogen-bond acceptors (Lipinski definition) is 4. The second kappa shape index (κ2) is 12.5. The third kappa shape index (κ3) is 5.67. The van der Waals surface area contributed by atoms with Gasteiger partial charge in [-0.3, -0.25) is 9.59 Å². The van der Waals surface area contributed by atoms with Gasteiger partial charge >= 0.3 is 11.9 Å². The fourth-order valence-electron chi connectivity index (χ4n) is 10.9. The lowest BCUT2D eigenvalue weighted by atomic mass is 9.43. The van der Waals surface area contributed by atoms with Gasteiger partial charge in [-0.05, 0) is 115 Å². The van der Waals surface area contributed by atoms with Crippen molar-refractivity contribution < 1.29 is 19.1 Å². The van der Waals surface area contributed by atoms with Crippen LogP contribution in [0.3, 0.4) is 0 Å². The average Bonchev–Trinajstić information content (AvgIpc) is 3.37. The topological polar surface area (TPSA) is 52.6 Å². The summed E-state index contributed by atoms with van der Waals surface area (Å²) in [5, 5.41) is 0. The molecule has 4 heteroatoms. The van der Waals surface area contributed by atoms with Crippen LogP contribution in [0.4, 0.5) is 0 Å². The number of carbonyl (C=O) groups excluding carboxylic acids is 2. The number of hydrogen-bond donors (Lipinski definition) is 0. The van der Waals surface area contributed by atoms with E-state index in [-0.39, 0.29) is 35.0 Å². The van der Waals surface area contributed by atoms with Gasteiger partial charge in [-0.15, -0.1) is 0 Å². The van der Waals surface area contributed by atoms with Gasteiger partial charge in [0.2, 0.25) is 0 Å². The lowest BCUT2D eigenvalue weighted by Crippen LogP contribution is -2.59. The van der Waals surface area contributed by atoms with E-state index < -0.39 is 0 Å². The van der Waals surface area contributed by atoms with E-state index in [9.17, 15) is 9.59 Å². The maximum Gasteiger partial charge on any atom is 0.302 e. The summed E-state index contributed by atoms with van der Waals surface area (Å²) in [5.74, 6) is 3.07. The molecule has 10 atom stereocenters. The first-order valence-electron chi connectivity index (χ1n) is 17.3. The Morgan fingerprint density at radius 2 is 1.45 bits per heavy atom. The zero-order chi connectivity index (χ0) is 31.1.